The lowest BCUT2D eigenvalue weighted by atomic mass is 10.2. The molecule has 0 radical (unpaired) electrons. The summed E-state index contributed by atoms with van der Waals surface area (Å²) in [7, 11) is 0. The van der Waals surface area contributed by atoms with E-state index in [1.807, 2.05) is 79.1 Å². The fourth-order valence-electron chi connectivity index (χ4n) is 4.61. The first-order valence-electron chi connectivity index (χ1n) is 13.6. The Morgan fingerprint density at radius 2 is 1.59 bits per heavy atom. The van der Waals surface area contributed by atoms with Crippen LogP contribution in [0.4, 0.5) is 10.1 Å². The van der Waals surface area contributed by atoms with Crippen molar-refractivity contribution in [2.45, 2.75) is 31.0 Å². The summed E-state index contributed by atoms with van der Waals surface area (Å²) in [6.07, 6.45) is 0. The second-order valence-electron chi connectivity index (χ2n) is 10.3. The number of nitrogens with one attached hydrogen (secondary N) is 2. The van der Waals surface area contributed by atoms with Crippen molar-refractivity contribution in [3.05, 3.63) is 131 Å². The van der Waals surface area contributed by atoms with Gasteiger partial charge in [0.15, 0.2) is 0 Å². The van der Waals surface area contributed by atoms with E-state index in [2.05, 4.69) is 22.8 Å². The van der Waals surface area contributed by atoms with Gasteiger partial charge in [-0.3, -0.25) is 9.59 Å². The summed E-state index contributed by atoms with van der Waals surface area (Å²) in [6.45, 7) is 4.80. The Bertz CT molecular complexity index is 1680. The molecule has 5 nitrogen and oxygen atoms in total. The molecule has 41 heavy (non-hydrogen) atoms. The zero-order chi connectivity index (χ0) is 28.8. The van der Waals surface area contributed by atoms with Crippen LogP contribution in [0.3, 0.4) is 0 Å². The van der Waals surface area contributed by atoms with E-state index in [4.69, 9.17) is 0 Å². The van der Waals surface area contributed by atoms with Crippen LogP contribution in [0, 0.1) is 11.7 Å². The molecule has 0 bridgehead atoms. The van der Waals surface area contributed by atoms with Crippen molar-refractivity contribution in [1.82, 2.24) is 9.88 Å². The van der Waals surface area contributed by atoms with Gasteiger partial charge in [0, 0.05) is 39.3 Å². The normalized spacial score (nSPS) is 11.1. The number of anilines is 1. The van der Waals surface area contributed by atoms with Crippen molar-refractivity contribution in [1.29, 1.82) is 0 Å². The number of rotatable bonds is 10. The minimum atomic E-state index is -0.324. The minimum absolute atomic E-state index is 0.207. The Labute approximate surface area is 243 Å². The van der Waals surface area contributed by atoms with Gasteiger partial charge in [-0.2, -0.15) is 0 Å². The quantitative estimate of drug-likeness (QED) is 0.170. The average Bonchev–Trinajstić information content (AvgIpc) is 3.34. The second kappa shape index (κ2) is 12.9. The SMILES string of the molecule is CC(C)CNC(=O)c1cc2cc(NC(=O)c3ccccc3SCc3ccccc3)ccc2n1Cc1ccccc1F. The lowest BCUT2D eigenvalue weighted by Gasteiger charge is -2.13. The maximum absolute atomic E-state index is 14.6. The smallest absolute Gasteiger partial charge is 0.267 e. The van der Waals surface area contributed by atoms with Gasteiger partial charge in [-0.15, -0.1) is 11.8 Å². The van der Waals surface area contributed by atoms with E-state index in [9.17, 15) is 14.0 Å². The maximum Gasteiger partial charge on any atom is 0.267 e. The molecule has 0 aliphatic heterocycles. The monoisotopic (exact) mass is 565 g/mol. The number of fused-ring (bicyclic) bond motifs is 1. The number of thioether (sulfide) groups is 1. The predicted octanol–water partition coefficient (Wildman–Crippen LogP) is 7.76. The molecule has 1 aromatic heterocycles. The number of hydrogen-bond acceptors (Lipinski definition) is 3. The number of hydrogen-bond donors (Lipinski definition) is 2. The van der Waals surface area contributed by atoms with Gasteiger partial charge in [0.25, 0.3) is 11.8 Å². The maximum atomic E-state index is 14.6. The largest absolute Gasteiger partial charge is 0.351 e. The van der Waals surface area contributed by atoms with Crippen molar-refractivity contribution in [2.75, 3.05) is 11.9 Å². The van der Waals surface area contributed by atoms with Crippen LogP contribution < -0.4 is 10.6 Å². The number of aromatic nitrogens is 1. The Hall–Kier alpha value is -4.36. The number of carbonyl (C=O) groups is 2. The van der Waals surface area contributed by atoms with Crippen molar-refractivity contribution in [2.24, 2.45) is 5.92 Å². The summed E-state index contributed by atoms with van der Waals surface area (Å²) in [5.41, 5.74) is 4.10. The molecule has 0 aliphatic rings. The van der Waals surface area contributed by atoms with E-state index < -0.39 is 0 Å². The van der Waals surface area contributed by atoms with Gasteiger partial charge in [-0.05, 0) is 53.9 Å². The third kappa shape index (κ3) is 6.87. The summed E-state index contributed by atoms with van der Waals surface area (Å²) in [4.78, 5) is 27.4. The van der Waals surface area contributed by atoms with Crippen molar-refractivity contribution in [3.8, 4) is 0 Å². The second-order valence-corrected chi connectivity index (χ2v) is 11.3. The molecular formula is C34H32FN3O2S. The molecule has 1 heterocycles. The molecular weight excluding hydrogens is 533 g/mol. The number of benzene rings is 4. The molecule has 2 amide bonds. The van der Waals surface area contributed by atoms with Gasteiger partial charge in [0.05, 0.1) is 12.1 Å². The van der Waals surface area contributed by atoms with Gasteiger partial charge in [-0.1, -0.05) is 74.5 Å². The summed E-state index contributed by atoms with van der Waals surface area (Å²) < 4.78 is 16.4. The number of carbonyl (C=O) groups excluding carboxylic acids is 2. The van der Waals surface area contributed by atoms with Crippen molar-refractivity contribution < 1.29 is 14.0 Å². The molecule has 5 rings (SSSR count). The first-order chi connectivity index (χ1) is 19.9. The standard InChI is InChI=1S/C34H32FN3O2S/c1-23(2)20-36-34(40)31-19-26-18-27(16-17-30(26)38(31)21-25-12-6-8-14-29(25)35)37-33(39)28-13-7-9-15-32(28)41-22-24-10-4-3-5-11-24/h3-19,23H,20-22H2,1-2H3,(H,36,40)(H,37,39). The predicted molar refractivity (Wildman–Crippen MR) is 165 cm³/mol. The summed E-state index contributed by atoms with van der Waals surface area (Å²) in [5.74, 6) is 0.297. The zero-order valence-corrected chi connectivity index (χ0v) is 23.9. The Balaban J connectivity index is 1.41. The van der Waals surface area contributed by atoms with E-state index in [1.54, 1.807) is 36.0 Å². The molecule has 0 saturated carbocycles. The first-order valence-corrected chi connectivity index (χ1v) is 14.6. The Kier molecular flexibility index (Phi) is 8.85. The van der Waals surface area contributed by atoms with E-state index in [0.29, 0.717) is 35.0 Å². The zero-order valence-electron chi connectivity index (χ0n) is 23.1. The summed E-state index contributed by atoms with van der Waals surface area (Å²) >= 11 is 1.62. The molecule has 0 aliphatic carbocycles. The van der Waals surface area contributed by atoms with Crippen LogP contribution in [0.1, 0.15) is 45.8 Å². The van der Waals surface area contributed by atoms with Gasteiger partial charge in [0.1, 0.15) is 11.5 Å². The third-order valence-corrected chi connectivity index (χ3v) is 7.86. The molecule has 5 aromatic rings. The molecule has 208 valence electrons. The van der Waals surface area contributed by atoms with Crippen molar-refractivity contribution >= 4 is 40.2 Å². The highest BCUT2D eigenvalue weighted by molar-refractivity contribution is 7.98. The average molecular weight is 566 g/mol. The minimum Gasteiger partial charge on any atom is -0.351 e. The summed E-state index contributed by atoms with van der Waals surface area (Å²) in [5, 5.41) is 6.77. The van der Waals surface area contributed by atoms with Crippen LogP contribution in [0.2, 0.25) is 0 Å². The molecule has 0 fully saturated rings. The topological polar surface area (TPSA) is 63.1 Å². The highest BCUT2D eigenvalue weighted by Crippen LogP contribution is 2.29. The molecule has 7 heteroatoms. The first kappa shape index (κ1) is 28.2. The highest BCUT2D eigenvalue weighted by Gasteiger charge is 2.19. The molecule has 0 spiro atoms. The molecule has 2 N–H and O–H groups in total. The van der Waals surface area contributed by atoms with Gasteiger partial charge in [0.2, 0.25) is 0 Å². The van der Waals surface area contributed by atoms with E-state index in [1.165, 1.54) is 11.6 Å². The van der Waals surface area contributed by atoms with Gasteiger partial charge < -0.3 is 15.2 Å². The number of nitrogens with zero attached hydrogens (tertiary/aromatic N) is 1. The molecule has 0 saturated heterocycles. The highest BCUT2D eigenvalue weighted by atomic mass is 32.2. The van der Waals surface area contributed by atoms with Crippen LogP contribution in [0.15, 0.2) is 108 Å². The Morgan fingerprint density at radius 1 is 0.854 bits per heavy atom. The van der Waals surface area contributed by atoms with Gasteiger partial charge in [-0.25, -0.2) is 4.39 Å². The lowest BCUT2D eigenvalue weighted by Crippen LogP contribution is -2.29. The third-order valence-electron chi connectivity index (χ3n) is 6.72. The van der Waals surface area contributed by atoms with Crippen LogP contribution >= 0.6 is 11.8 Å². The number of amides is 2. The van der Waals surface area contributed by atoms with Gasteiger partial charge >= 0.3 is 0 Å². The van der Waals surface area contributed by atoms with E-state index in [-0.39, 0.29) is 24.2 Å². The van der Waals surface area contributed by atoms with E-state index >= 15 is 0 Å². The van der Waals surface area contributed by atoms with Crippen LogP contribution in [-0.4, -0.2) is 22.9 Å². The summed E-state index contributed by atoms with van der Waals surface area (Å²) in [6, 6.07) is 31.6. The Morgan fingerprint density at radius 3 is 2.37 bits per heavy atom. The molecule has 0 unspecified atom stereocenters. The number of halogens is 1. The van der Waals surface area contributed by atoms with Crippen LogP contribution in [0.5, 0.6) is 0 Å². The van der Waals surface area contributed by atoms with Crippen LogP contribution in [-0.2, 0) is 12.3 Å². The van der Waals surface area contributed by atoms with E-state index in [0.717, 1.165) is 21.6 Å². The fourth-order valence-corrected chi connectivity index (χ4v) is 5.61. The lowest BCUT2D eigenvalue weighted by molar-refractivity contribution is 0.0939. The van der Waals surface area contributed by atoms with Crippen LogP contribution in [0.25, 0.3) is 10.9 Å². The molecule has 4 aromatic carbocycles. The van der Waals surface area contributed by atoms with Crippen molar-refractivity contribution in [3.63, 3.8) is 0 Å². The molecule has 0 atom stereocenters. The fraction of sp³-hybridized carbons (Fsp3) is 0.176.